The van der Waals surface area contributed by atoms with E-state index in [1.165, 1.54) is 25.4 Å². The molecule has 104 valence electrons. The molecule has 0 aliphatic rings. The third-order valence-corrected chi connectivity index (χ3v) is 2.73. The number of methoxy groups -OCH3 is 1. The monoisotopic (exact) mass is 293 g/mol. The molecule has 1 aromatic carbocycles. The fourth-order valence-corrected chi connectivity index (χ4v) is 1.70. The summed E-state index contributed by atoms with van der Waals surface area (Å²) in [5, 5.41) is 12.2. The van der Waals surface area contributed by atoms with Gasteiger partial charge in [0, 0.05) is 12.3 Å². The minimum absolute atomic E-state index is 0.0522. The number of amides is 2. The summed E-state index contributed by atoms with van der Waals surface area (Å²) in [6, 6.07) is 9.24. The molecular formula is C13H12ClN3O3. The predicted molar refractivity (Wildman–Crippen MR) is 74.2 cm³/mol. The molecule has 2 N–H and O–H groups in total. The number of hydrogen-bond donors (Lipinski definition) is 2. The smallest absolute Gasteiger partial charge is 0.346 e. The van der Waals surface area contributed by atoms with E-state index in [0.29, 0.717) is 16.8 Å². The molecule has 0 spiro atoms. The Labute approximate surface area is 119 Å². The second-order valence-electron chi connectivity index (χ2n) is 3.79. The highest BCUT2D eigenvalue weighted by molar-refractivity contribution is 6.29. The van der Waals surface area contributed by atoms with E-state index in [-0.39, 0.29) is 5.15 Å². The van der Waals surface area contributed by atoms with Crippen molar-refractivity contribution < 1.29 is 14.7 Å². The van der Waals surface area contributed by atoms with E-state index >= 15 is 0 Å². The van der Waals surface area contributed by atoms with Crippen molar-refractivity contribution in [3.8, 4) is 5.75 Å². The SMILES string of the molecule is COc1ccccc1NC(=O)/N=c1\ccn(O)c(Cl)c1. The summed E-state index contributed by atoms with van der Waals surface area (Å²) in [4.78, 5) is 15.6. The molecule has 0 radical (unpaired) electrons. The van der Waals surface area contributed by atoms with Crippen molar-refractivity contribution in [2.24, 2.45) is 4.99 Å². The molecule has 0 bridgehead atoms. The van der Waals surface area contributed by atoms with Crippen LogP contribution < -0.4 is 15.4 Å². The first-order valence-electron chi connectivity index (χ1n) is 5.66. The Bertz CT molecular complexity index is 697. The largest absolute Gasteiger partial charge is 0.495 e. The highest BCUT2D eigenvalue weighted by Gasteiger charge is 2.05. The molecule has 0 unspecified atom stereocenters. The number of benzene rings is 1. The third-order valence-electron chi connectivity index (χ3n) is 2.45. The number of carbonyl (C=O) groups excluding carboxylic acids is 1. The van der Waals surface area contributed by atoms with Crippen LogP contribution in [0.5, 0.6) is 5.75 Å². The van der Waals surface area contributed by atoms with Gasteiger partial charge in [0.1, 0.15) is 10.9 Å². The highest BCUT2D eigenvalue weighted by Crippen LogP contribution is 2.22. The fourth-order valence-electron chi connectivity index (χ4n) is 1.53. The standard InChI is InChI=1S/C13H12ClN3O3/c1-20-11-5-3-2-4-10(11)16-13(18)15-9-6-7-17(19)12(14)8-9/h2-8,19H,1H3,(H,16,18)/b15-9+. The van der Waals surface area contributed by atoms with Crippen LogP contribution in [0.15, 0.2) is 47.6 Å². The predicted octanol–water partition coefficient (Wildman–Crippen LogP) is 2.52. The van der Waals surface area contributed by atoms with E-state index in [1.54, 1.807) is 24.3 Å². The van der Waals surface area contributed by atoms with E-state index in [1.807, 2.05) is 0 Å². The maximum absolute atomic E-state index is 11.8. The van der Waals surface area contributed by atoms with Crippen molar-refractivity contribution in [1.29, 1.82) is 0 Å². The summed E-state index contributed by atoms with van der Waals surface area (Å²) in [5.41, 5.74) is 0.517. The quantitative estimate of drug-likeness (QED) is 0.660. The average molecular weight is 294 g/mol. The number of urea groups is 1. The van der Waals surface area contributed by atoms with Gasteiger partial charge in [0.2, 0.25) is 0 Å². The summed E-state index contributed by atoms with van der Waals surface area (Å²) >= 11 is 5.71. The van der Waals surface area contributed by atoms with Crippen LogP contribution in [0.3, 0.4) is 0 Å². The van der Waals surface area contributed by atoms with Crippen LogP contribution in [-0.4, -0.2) is 23.1 Å². The molecular weight excluding hydrogens is 282 g/mol. The summed E-state index contributed by atoms with van der Waals surface area (Å²) in [6.45, 7) is 0. The molecule has 2 amide bonds. The number of halogens is 1. The van der Waals surface area contributed by atoms with Crippen LogP contribution in [0.25, 0.3) is 0 Å². The van der Waals surface area contributed by atoms with Gasteiger partial charge in [-0.25, -0.2) is 4.79 Å². The lowest BCUT2D eigenvalue weighted by atomic mass is 10.3. The van der Waals surface area contributed by atoms with Crippen molar-refractivity contribution in [3.05, 3.63) is 53.1 Å². The van der Waals surface area contributed by atoms with Gasteiger partial charge >= 0.3 is 6.03 Å². The normalized spacial score (nSPS) is 11.2. The van der Waals surface area contributed by atoms with Gasteiger partial charge in [0.15, 0.2) is 0 Å². The molecule has 6 nitrogen and oxygen atoms in total. The van der Waals surface area contributed by atoms with Gasteiger partial charge in [-0.2, -0.15) is 9.72 Å². The Kier molecular flexibility index (Phi) is 4.27. The highest BCUT2D eigenvalue weighted by atomic mass is 35.5. The lowest BCUT2D eigenvalue weighted by molar-refractivity contribution is 0.185. The number of nitrogens with zero attached hydrogens (tertiary/aromatic N) is 2. The molecule has 7 heteroatoms. The van der Waals surface area contributed by atoms with Crippen LogP contribution >= 0.6 is 11.6 Å². The first kappa shape index (κ1) is 14.0. The molecule has 1 aromatic heterocycles. The van der Waals surface area contributed by atoms with Crippen molar-refractivity contribution >= 4 is 23.3 Å². The van der Waals surface area contributed by atoms with Crippen molar-refractivity contribution in [2.75, 3.05) is 12.4 Å². The maximum Gasteiger partial charge on any atom is 0.346 e. The minimum atomic E-state index is -0.568. The fraction of sp³-hybridized carbons (Fsp3) is 0.0769. The molecule has 0 atom stereocenters. The summed E-state index contributed by atoms with van der Waals surface area (Å²) in [7, 11) is 1.51. The molecule has 20 heavy (non-hydrogen) atoms. The number of hydrogen-bond acceptors (Lipinski definition) is 3. The minimum Gasteiger partial charge on any atom is -0.495 e. The molecule has 2 rings (SSSR count). The van der Waals surface area contributed by atoms with Gasteiger partial charge < -0.3 is 15.3 Å². The topological polar surface area (TPSA) is 75.8 Å². The Hall–Kier alpha value is -2.47. The summed E-state index contributed by atoms with van der Waals surface area (Å²) in [5.74, 6) is 0.537. The van der Waals surface area contributed by atoms with Crippen LogP contribution in [0, 0.1) is 0 Å². The van der Waals surface area contributed by atoms with Gasteiger partial charge in [-0.3, -0.25) is 0 Å². The summed E-state index contributed by atoms with van der Waals surface area (Å²) in [6.07, 6.45) is 1.29. The zero-order valence-corrected chi connectivity index (χ0v) is 11.3. The second kappa shape index (κ2) is 6.12. The first-order valence-corrected chi connectivity index (χ1v) is 6.04. The molecule has 0 saturated heterocycles. The first-order chi connectivity index (χ1) is 9.60. The Balaban J connectivity index is 2.22. The number of anilines is 1. The molecule has 0 aliphatic carbocycles. The molecule has 0 fully saturated rings. The number of carbonyl (C=O) groups is 1. The Morgan fingerprint density at radius 1 is 1.40 bits per heavy atom. The molecule has 0 aliphatic heterocycles. The van der Waals surface area contributed by atoms with E-state index in [0.717, 1.165) is 4.73 Å². The maximum atomic E-state index is 11.8. The van der Waals surface area contributed by atoms with Crippen molar-refractivity contribution in [1.82, 2.24) is 4.73 Å². The lowest BCUT2D eigenvalue weighted by Gasteiger charge is -2.07. The Morgan fingerprint density at radius 2 is 2.15 bits per heavy atom. The van der Waals surface area contributed by atoms with Gasteiger partial charge in [0.05, 0.1) is 18.2 Å². The van der Waals surface area contributed by atoms with E-state index in [2.05, 4.69) is 10.3 Å². The van der Waals surface area contributed by atoms with Crippen LogP contribution in [0.1, 0.15) is 0 Å². The number of rotatable bonds is 2. The summed E-state index contributed by atoms with van der Waals surface area (Å²) < 4.78 is 5.84. The number of para-hydroxylation sites is 2. The van der Waals surface area contributed by atoms with Gasteiger partial charge in [-0.05, 0) is 18.2 Å². The van der Waals surface area contributed by atoms with Crippen molar-refractivity contribution in [2.45, 2.75) is 0 Å². The van der Waals surface area contributed by atoms with E-state index in [4.69, 9.17) is 16.3 Å². The van der Waals surface area contributed by atoms with Crippen LogP contribution in [0.4, 0.5) is 10.5 Å². The van der Waals surface area contributed by atoms with Gasteiger partial charge in [0.25, 0.3) is 0 Å². The van der Waals surface area contributed by atoms with Gasteiger partial charge in [-0.15, -0.1) is 0 Å². The number of ether oxygens (including phenoxy) is 1. The average Bonchev–Trinajstić information content (AvgIpc) is 2.43. The van der Waals surface area contributed by atoms with E-state index < -0.39 is 6.03 Å². The number of pyridine rings is 1. The third kappa shape index (κ3) is 3.30. The number of nitrogens with one attached hydrogen (secondary N) is 1. The van der Waals surface area contributed by atoms with E-state index in [9.17, 15) is 10.0 Å². The molecule has 2 aromatic rings. The molecule has 1 heterocycles. The van der Waals surface area contributed by atoms with Crippen LogP contribution in [0.2, 0.25) is 5.15 Å². The number of aromatic nitrogens is 1. The lowest BCUT2D eigenvalue weighted by Crippen LogP contribution is -2.14. The zero-order chi connectivity index (χ0) is 14.5. The second-order valence-corrected chi connectivity index (χ2v) is 4.18. The Morgan fingerprint density at radius 3 is 2.85 bits per heavy atom. The molecule has 0 saturated carbocycles. The van der Waals surface area contributed by atoms with Crippen molar-refractivity contribution in [3.63, 3.8) is 0 Å². The van der Waals surface area contributed by atoms with Gasteiger partial charge in [-0.1, -0.05) is 23.7 Å². The van der Waals surface area contributed by atoms with Crippen LogP contribution in [-0.2, 0) is 0 Å². The zero-order valence-electron chi connectivity index (χ0n) is 10.6.